The summed E-state index contributed by atoms with van der Waals surface area (Å²) in [6, 6.07) is 2.05. The highest BCUT2D eigenvalue weighted by Crippen LogP contribution is 2.27. The van der Waals surface area contributed by atoms with Gasteiger partial charge < -0.3 is 0 Å². The van der Waals surface area contributed by atoms with E-state index in [-0.39, 0.29) is 5.92 Å². The molecule has 2 rings (SSSR count). The first kappa shape index (κ1) is 14.4. The van der Waals surface area contributed by atoms with Crippen molar-refractivity contribution < 1.29 is 25.1 Å². The van der Waals surface area contributed by atoms with E-state index in [4.69, 9.17) is 0 Å². The molecule has 19 heavy (non-hydrogen) atoms. The third-order valence-corrected chi connectivity index (χ3v) is 5.50. The van der Waals surface area contributed by atoms with Crippen LogP contribution in [0.5, 0.6) is 0 Å². The van der Waals surface area contributed by atoms with Gasteiger partial charge in [0.2, 0.25) is 10.0 Å². The van der Waals surface area contributed by atoms with E-state index < -0.39 is 35.9 Å². The van der Waals surface area contributed by atoms with Crippen molar-refractivity contribution in [3.8, 4) is 0 Å². The van der Waals surface area contributed by atoms with Crippen molar-refractivity contribution in [2.45, 2.75) is 16.7 Å². The second-order valence-corrected chi connectivity index (χ2v) is 7.71. The Morgan fingerprint density at radius 2 is 1.79 bits per heavy atom. The molecule has 106 valence electrons. The molecular formula is C10H11F2NO4S2. The highest BCUT2D eigenvalue weighted by molar-refractivity contribution is 7.89. The number of rotatable bonds is 3. The summed E-state index contributed by atoms with van der Waals surface area (Å²) in [5.41, 5.74) is 0. The normalized spacial score (nSPS) is 18.3. The van der Waals surface area contributed by atoms with E-state index in [0.29, 0.717) is 25.2 Å². The lowest BCUT2D eigenvalue weighted by atomic mass is 10.1. The van der Waals surface area contributed by atoms with E-state index in [1.165, 1.54) is 0 Å². The van der Waals surface area contributed by atoms with Crippen LogP contribution in [0.3, 0.4) is 0 Å². The lowest BCUT2D eigenvalue weighted by Crippen LogP contribution is -2.48. The van der Waals surface area contributed by atoms with Crippen LogP contribution in [0.15, 0.2) is 28.0 Å². The first-order valence-corrected chi connectivity index (χ1v) is 8.19. The predicted octanol–water partition coefficient (Wildman–Crippen LogP) is 1.12. The summed E-state index contributed by atoms with van der Waals surface area (Å²) in [6.45, 7) is 2.46. The summed E-state index contributed by atoms with van der Waals surface area (Å²) >= 11 is 0. The second-order valence-electron chi connectivity index (χ2n) is 4.46. The average molecular weight is 311 g/mol. The number of nitrogens with zero attached hydrogens (tertiary/aromatic N) is 1. The maximum atomic E-state index is 13.2. The number of benzene rings is 1. The van der Waals surface area contributed by atoms with E-state index in [2.05, 4.69) is 0 Å². The third-order valence-electron chi connectivity index (χ3n) is 2.83. The van der Waals surface area contributed by atoms with Crippen LogP contribution in [0, 0.1) is 11.7 Å². The number of sulfonamides is 1. The summed E-state index contributed by atoms with van der Waals surface area (Å²) in [4.78, 5) is -1.70. The zero-order chi connectivity index (χ0) is 14.4. The molecule has 0 bridgehead atoms. The number of hydrogen-bond donors (Lipinski definition) is 0. The van der Waals surface area contributed by atoms with Crippen molar-refractivity contribution in [2.75, 3.05) is 13.1 Å². The molecule has 1 aromatic rings. The zero-order valence-corrected chi connectivity index (χ0v) is 11.5. The smallest absolute Gasteiger partial charge is 0.207 e. The minimum absolute atomic E-state index is 0.208. The van der Waals surface area contributed by atoms with Gasteiger partial charge in [0.25, 0.3) is 0 Å². The van der Waals surface area contributed by atoms with Crippen molar-refractivity contribution in [3.05, 3.63) is 24.0 Å². The Labute approximate surface area is 110 Å². The zero-order valence-electron chi connectivity index (χ0n) is 9.88. The summed E-state index contributed by atoms with van der Waals surface area (Å²) < 4.78 is 72.7. The predicted molar refractivity (Wildman–Crippen MR) is 62.6 cm³/mol. The van der Waals surface area contributed by atoms with Crippen LogP contribution in [0.25, 0.3) is 0 Å². The summed E-state index contributed by atoms with van der Waals surface area (Å²) in [6.07, 6.45) is 0. The van der Waals surface area contributed by atoms with Gasteiger partial charge in [-0.05, 0) is 24.1 Å². The summed E-state index contributed by atoms with van der Waals surface area (Å²) in [7, 11) is -9.20. The summed E-state index contributed by atoms with van der Waals surface area (Å²) in [5.74, 6) is -1.11. The van der Waals surface area contributed by atoms with Gasteiger partial charge >= 0.3 is 10.2 Å². The molecule has 1 fully saturated rings. The largest absolute Gasteiger partial charge is 0.335 e. The van der Waals surface area contributed by atoms with Gasteiger partial charge in [-0.2, -0.15) is 12.7 Å². The molecule has 0 aliphatic carbocycles. The van der Waals surface area contributed by atoms with E-state index in [9.17, 15) is 25.1 Å². The lowest BCUT2D eigenvalue weighted by molar-refractivity contribution is 0.218. The molecule has 0 unspecified atom stereocenters. The Hall–Kier alpha value is -1.06. The topological polar surface area (TPSA) is 71.5 Å². The van der Waals surface area contributed by atoms with Crippen molar-refractivity contribution in [3.63, 3.8) is 0 Å². The van der Waals surface area contributed by atoms with Gasteiger partial charge in [-0.1, -0.05) is 6.92 Å². The molecular weight excluding hydrogens is 300 g/mol. The molecule has 1 saturated heterocycles. The molecule has 0 spiro atoms. The first-order valence-electron chi connectivity index (χ1n) is 5.37. The number of hydrogen-bond acceptors (Lipinski definition) is 4. The third kappa shape index (κ3) is 2.63. The fourth-order valence-corrected chi connectivity index (χ4v) is 4.17. The van der Waals surface area contributed by atoms with Gasteiger partial charge in [0, 0.05) is 13.1 Å². The van der Waals surface area contributed by atoms with E-state index in [0.717, 1.165) is 10.4 Å². The maximum Gasteiger partial charge on any atom is 0.335 e. The van der Waals surface area contributed by atoms with Crippen LogP contribution in [-0.2, 0) is 20.2 Å². The Kier molecular flexibility index (Phi) is 3.40. The minimum Gasteiger partial charge on any atom is -0.207 e. The summed E-state index contributed by atoms with van der Waals surface area (Å²) in [5, 5.41) is 0. The fraction of sp³-hybridized carbons (Fsp3) is 0.400. The van der Waals surface area contributed by atoms with E-state index in [1.54, 1.807) is 0 Å². The van der Waals surface area contributed by atoms with Crippen LogP contribution < -0.4 is 0 Å². The van der Waals surface area contributed by atoms with Crippen LogP contribution >= 0.6 is 0 Å². The quantitative estimate of drug-likeness (QED) is 0.784. The van der Waals surface area contributed by atoms with Gasteiger partial charge in [0.05, 0.1) is 4.90 Å². The fourth-order valence-electron chi connectivity index (χ4n) is 1.82. The van der Waals surface area contributed by atoms with Crippen LogP contribution in [0.2, 0.25) is 0 Å². The molecule has 0 atom stereocenters. The Morgan fingerprint density at radius 3 is 2.26 bits per heavy atom. The molecule has 1 aliphatic rings. The average Bonchev–Trinajstić information content (AvgIpc) is 2.23. The highest BCUT2D eigenvalue weighted by atomic mass is 32.3. The molecule has 1 heterocycles. The van der Waals surface area contributed by atoms with Crippen LogP contribution in [-0.4, -0.2) is 34.2 Å². The van der Waals surface area contributed by atoms with Crippen LogP contribution in [0.4, 0.5) is 8.28 Å². The first-order chi connectivity index (χ1) is 8.62. The van der Waals surface area contributed by atoms with Crippen molar-refractivity contribution >= 4 is 20.2 Å². The molecule has 9 heteroatoms. The SMILES string of the molecule is CC1CN(S(=O)(=O)c2ccc(F)c(S(=O)(=O)F)c2)C1. The minimum atomic E-state index is -5.30. The van der Waals surface area contributed by atoms with Gasteiger partial charge in [-0.15, -0.1) is 3.89 Å². The molecule has 0 aromatic heterocycles. The Balaban J connectivity index is 2.48. The van der Waals surface area contributed by atoms with E-state index in [1.807, 2.05) is 6.92 Å². The Bertz CT molecular complexity index is 709. The number of halogens is 2. The Morgan fingerprint density at radius 1 is 1.21 bits per heavy atom. The molecule has 0 amide bonds. The van der Waals surface area contributed by atoms with Crippen LogP contribution in [0.1, 0.15) is 6.92 Å². The monoisotopic (exact) mass is 311 g/mol. The highest BCUT2D eigenvalue weighted by Gasteiger charge is 2.35. The second kappa shape index (κ2) is 4.50. The standard InChI is InChI=1S/C10H11F2NO4S2/c1-7-5-13(6-7)19(16,17)8-2-3-9(11)10(4-8)18(12,14)15/h2-4,7H,5-6H2,1H3. The molecule has 1 aromatic carbocycles. The molecule has 0 N–H and O–H groups in total. The van der Waals surface area contributed by atoms with Crippen molar-refractivity contribution in [1.29, 1.82) is 0 Å². The van der Waals surface area contributed by atoms with Gasteiger partial charge in [-0.25, -0.2) is 12.8 Å². The van der Waals surface area contributed by atoms with Gasteiger partial charge in [0.15, 0.2) is 0 Å². The van der Waals surface area contributed by atoms with E-state index >= 15 is 0 Å². The maximum absolute atomic E-state index is 13.2. The molecule has 0 radical (unpaired) electrons. The van der Waals surface area contributed by atoms with Gasteiger partial charge in [0.1, 0.15) is 10.7 Å². The molecule has 5 nitrogen and oxygen atoms in total. The van der Waals surface area contributed by atoms with Gasteiger partial charge in [-0.3, -0.25) is 0 Å². The van der Waals surface area contributed by atoms with Crippen molar-refractivity contribution in [1.82, 2.24) is 4.31 Å². The molecule has 0 saturated carbocycles. The lowest BCUT2D eigenvalue weighted by Gasteiger charge is -2.35. The van der Waals surface area contributed by atoms with Crippen molar-refractivity contribution in [2.24, 2.45) is 5.92 Å². The molecule has 1 aliphatic heterocycles.